The largest absolute Gasteiger partial charge is 0.491 e. The van der Waals surface area contributed by atoms with Crippen molar-refractivity contribution in [2.45, 2.75) is 26.5 Å². The van der Waals surface area contributed by atoms with Gasteiger partial charge in [0, 0.05) is 0 Å². The Balaban J connectivity index is 1.74. The Kier molecular flexibility index (Phi) is 4.35. The van der Waals surface area contributed by atoms with Crippen molar-refractivity contribution in [1.82, 2.24) is 4.57 Å². The summed E-state index contributed by atoms with van der Waals surface area (Å²) in [7, 11) is 2.03. The van der Waals surface area contributed by atoms with Gasteiger partial charge in [-0.3, -0.25) is 0 Å². The Morgan fingerprint density at radius 1 is 1.13 bits per heavy atom. The summed E-state index contributed by atoms with van der Waals surface area (Å²) in [6, 6.07) is 13.9. The number of rotatable bonds is 5. The molecule has 4 nitrogen and oxygen atoms in total. The molecule has 1 heterocycles. The van der Waals surface area contributed by atoms with Crippen LogP contribution in [-0.4, -0.2) is 22.4 Å². The molecule has 2 aromatic carbocycles. The van der Waals surface area contributed by atoms with Crippen molar-refractivity contribution < 1.29 is 14.4 Å². The predicted octanol–water partition coefficient (Wildman–Crippen LogP) is 2.52. The number of ether oxygens (including phenoxy) is 1. The molecule has 3 aromatic rings. The molecule has 0 fully saturated rings. The van der Waals surface area contributed by atoms with Crippen LogP contribution in [0.25, 0.3) is 11.0 Å². The monoisotopic (exact) mass is 311 g/mol. The van der Waals surface area contributed by atoms with E-state index in [-0.39, 0.29) is 6.61 Å². The molecule has 1 unspecified atom stereocenters. The third kappa shape index (κ3) is 3.37. The Morgan fingerprint density at radius 2 is 1.83 bits per heavy atom. The summed E-state index contributed by atoms with van der Waals surface area (Å²) in [5.74, 6) is 0.779. The first-order valence-corrected chi connectivity index (χ1v) is 7.86. The van der Waals surface area contributed by atoms with E-state index in [4.69, 9.17) is 4.74 Å². The number of aromatic nitrogens is 2. The zero-order chi connectivity index (χ0) is 16.4. The van der Waals surface area contributed by atoms with Gasteiger partial charge in [-0.25, -0.2) is 9.13 Å². The highest BCUT2D eigenvalue weighted by Gasteiger charge is 2.18. The summed E-state index contributed by atoms with van der Waals surface area (Å²) >= 11 is 0. The molecule has 0 radical (unpaired) electrons. The minimum atomic E-state index is -0.563. The van der Waals surface area contributed by atoms with Gasteiger partial charge in [0.05, 0.1) is 7.05 Å². The molecule has 0 aliphatic heterocycles. The van der Waals surface area contributed by atoms with Crippen LogP contribution in [0.15, 0.2) is 48.8 Å². The second-order valence-corrected chi connectivity index (χ2v) is 6.08. The average molecular weight is 311 g/mol. The van der Waals surface area contributed by atoms with Gasteiger partial charge in [0.25, 0.3) is 0 Å². The van der Waals surface area contributed by atoms with Crippen molar-refractivity contribution in [2.24, 2.45) is 7.05 Å². The Hall–Kier alpha value is -2.33. The van der Waals surface area contributed by atoms with Crippen molar-refractivity contribution >= 4 is 11.0 Å². The first kappa shape index (κ1) is 15.6. The second kappa shape index (κ2) is 6.42. The lowest BCUT2D eigenvalue weighted by molar-refractivity contribution is -0.645. The SMILES string of the molecule is Cc1cc2c(cc1C)[n+](C)cn2CC(O)COc1ccccc1. The van der Waals surface area contributed by atoms with Crippen LogP contribution >= 0.6 is 0 Å². The zero-order valence-electron chi connectivity index (χ0n) is 13.9. The molecule has 1 N–H and O–H groups in total. The predicted molar refractivity (Wildman–Crippen MR) is 90.5 cm³/mol. The molecule has 0 amide bonds. The third-order valence-corrected chi connectivity index (χ3v) is 4.19. The van der Waals surface area contributed by atoms with Gasteiger partial charge in [-0.15, -0.1) is 0 Å². The number of nitrogens with zero attached hydrogens (tertiary/aromatic N) is 2. The molecule has 3 rings (SSSR count). The van der Waals surface area contributed by atoms with Gasteiger partial charge in [-0.1, -0.05) is 18.2 Å². The molecule has 1 atom stereocenters. The third-order valence-electron chi connectivity index (χ3n) is 4.19. The number of benzene rings is 2. The Bertz CT molecular complexity index is 809. The smallest absolute Gasteiger partial charge is 0.244 e. The van der Waals surface area contributed by atoms with Gasteiger partial charge in [-0.2, -0.15) is 0 Å². The lowest BCUT2D eigenvalue weighted by atomic mass is 10.1. The van der Waals surface area contributed by atoms with E-state index in [1.807, 2.05) is 43.7 Å². The molecule has 23 heavy (non-hydrogen) atoms. The highest BCUT2D eigenvalue weighted by molar-refractivity contribution is 5.74. The first-order valence-electron chi connectivity index (χ1n) is 7.86. The molecule has 4 heteroatoms. The topological polar surface area (TPSA) is 38.3 Å². The molecule has 0 saturated heterocycles. The molecular weight excluding hydrogens is 288 g/mol. The fraction of sp³-hybridized carbons (Fsp3) is 0.316. The van der Waals surface area contributed by atoms with Crippen molar-refractivity contribution in [3.8, 4) is 5.75 Å². The van der Waals surface area contributed by atoms with Gasteiger partial charge in [0.1, 0.15) is 25.0 Å². The maximum Gasteiger partial charge on any atom is 0.244 e. The van der Waals surface area contributed by atoms with Crippen molar-refractivity contribution in [1.29, 1.82) is 0 Å². The van der Waals surface area contributed by atoms with Crippen LogP contribution < -0.4 is 9.30 Å². The number of hydrogen-bond donors (Lipinski definition) is 1. The highest BCUT2D eigenvalue weighted by Crippen LogP contribution is 2.17. The van der Waals surface area contributed by atoms with Crippen LogP contribution in [0.4, 0.5) is 0 Å². The molecule has 0 saturated carbocycles. The summed E-state index contributed by atoms with van der Waals surface area (Å²) in [5, 5.41) is 10.3. The molecule has 0 aliphatic carbocycles. The van der Waals surface area contributed by atoms with Gasteiger partial charge in [0.15, 0.2) is 11.0 Å². The van der Waals surface area contributed by atoms with Crippen molar-refractivity contribution in [2.75, 3.05) is 6.61 Å². The number of imidazole rings is 1. The number of fused-ring (bicyclic) bond motifs is 1. The molecular formula is C19H23N2O2+. The lowest BCUT2D eigenvalue weighted by Gasteiger charge is -2.11. The van der Waals surface area contributed by atoms with E-state index >= 15 is 0 Å². The van der Waals surface area contributed by atoms with Crippen molar-refractivity contribution in [3.63, 3.8) is 0 Å². The lowest BCUT2D eigenvalue weighted by Crippen LogP contribution is -2.27. The fourth-order valence-electron chi connectivity index (χ4n) is 2.77. The Morgan fingerprint density at radius 3 is 2.57 bits per heavy atom. The maximum absolute atomic E-state index is 10.3. The van der Waals surface area contributed by atoms with Crippen LogP contribution in [-0.2, 0) is 13.6 Å². The standard InChI is InChI=1S/C19H23N2O2/c1-14-9-18-19(10-15(14)2)21(13-20(18)3)11-16(22)12-23-17-7-5-4-6-8-17/h4-10,13,16,22H,11-12H2,1-3H3/q+1. The molecule has 0 aliphatic rings. The van der Waals surface area contributed by atoms with Crippen LogP contribution in [0.3, 0.4) is 0 Å². The van der Waals surface area contributed by atoms with Gasteiger partial charge in [0.2, 0.25) is 6.33 Å². The van der Waals surface area contributed by atoms with Crippen LogP contribution in [0.2, 0.25) is 0 Å². The summed E-state index contributed by atoms with van der Waals surface area (Å²) in [6.45, 7) is 5.01. The van der Waals surface area contributed by atoms with Crippen LogP contribution in [0, 0.1) is 13.8 Å². The highest BCUT2D eigenvalue weighted by atomic mass is 16.5. The van der Waals surface area contributed by atoms with Gasteiger partial charge >= 0.3 is 0 Å². The van der Waals surface area contributed by atoms with E-state index in [1.54, 1.807) is 0 Å². The Labute approximate surface area is 136 Å². The average Bonchev–Trinajstić information content (AvgIpc) is 2.82. The van der Waals surface area contributed by atoms with Crippen LogP contribution in [0.1, 0.15) is 11.1 Å². The van der Waals surface area contributed by atoms with E-state index < -0.39 is 6.10 Å². The normalized spacial score (nSPS) is 12.5. The summed E-state index contributed by atoms with van der Waals surface area (Å²) < 4.78 is 9.81. The van der Waals surface area contributed by atoms with Gasteiger partial charge < -0.3 is 9.84 Å². The summed E-state index contributed by atoms with van der Waals surface area (Å²) in [4.78, 5) is 0. The van der Waals surface area contributed by atoms with E-state index in [1.165, 1.54) is 16.6 Å². The molecule has 0 bridgehead atoms. The summed E-state index contributed by atoms with van der Waals surface area (Å²) in [5.41, 5.74) is 4.84. The minimum Gasteiger partial charge on any atom is -0.491 e. The second-order valence-electron chi connectivity index (χ2n) is 6.08. The van der Waals surface area contributed by atoms with E-state index in [2.05, 4.69) is 35.1 Å². The summed E-state index contributed by atoms with van der Waals surface area (Å²) in [6.07, 6.45) is 1.46. The number of para-hydroxylation sites is 1. The number of aliphatic hydroxyl groups is 1. The van der Waals surface area contributed by atoms with E-state index in [9.17, 15) is 5.11 Å². The van der Waals surface area contributed by atoms with E-state index in [0.29, 0.717) is 6.54 Å². The fourth-order valence-corrected chi connectivity index (χ4v) is 2.77. The van der Waals surface area contributed by atoms with E-state index in [0.717, 1.165) is 11.3 Å². The van der Waals surface area contributed by atoms with Crippen LogP contribution in [0.5, 0.6) is 5.75 Å². The quantitative estimate of drug-likeness (QED) is 0.735. The first-order chi connectivity index (χ1) is 11.0. The number of aryl methyl sites for hydroxylation is 3. The van der Waals surface area contributed by atoms with Gasteiger partial charge in [-0.05, 0) is 49.2 Å². The molecule has 1 aromatic heterocycles. The number of aliphatic hydroxyl groups excluding tert-OH is 1. The number of hydrogen-bond acceptors (Lipinski definition) is 2. The van der Waals surface area contributed by atoms with Crippen molar-refractivity contribution in [3.05, 3.63) is 59.9 Å². The maximum atomic E-state index is 10.3. The molecule has 0 spiro atoms. The zero-order valence-corrected chi connectivity index (χ0v) is 13.9. The molecule has 120 valence electrons. The minimum absolute atomic E-state index is 0.276.